The van der Waals surface area contributed by atoms with E-state index in [0.29, 0.717) is 37.7 Å². The fraction of sp³-hybridized carbons (Fsp3) is 0.467. The molecular weight excluding hydrogens is 274 g/mol. The Morgan fingerprint density at radius 2 is 1.81 bits per heavy atom. The zero-order chi connectivity index (χ0) is 15.7. The number of carbonyl (C=O) groups is 2. The molecule has 116 valence electrons. The van der Waals surface area contributed by atoms with Crippen LogP contribution in [0.2, 0.25) is 0 Å². The van der Waals surface area contributed by atoms with E-state index in [1.54, 1.807) is 0 Å². The van der Waals surface area contributed by atoms with E-state index in [1.165, 1.54) is 0 Å². The predicted molar refractivity (Wildman–Crippen MR) is 77.7 cm³/mol. The number of carboxylic acid groups (broad SMARTS) is 1. The van der Waals surface area contributed by atoms with Crippen molar-refractivity contribution in [2.24, 2.45) is 0 Å². The second-order valence-corrected chi connectivity index (χ2v) is 4.32. The third kappa shape index (κ3) is 6.16. The van der Waals surface area contributed by atoms with Gasteiger partial charge in [-0.25, -0.2) is 0 Å². The molecular formula is C15H21NO5. The number of benzene rings is 1. The number of carboxylic acids is 1. The first-order chi connectivity index (χ1) is 10.1. The van der Waals surface area contributed by atoms with Gasteiger partial charge in [-0.05, 0) is 38.0 Å². The molecule has 0 bridgehead atoms. The lowest BCUT2D eigenvalue weighted by Gasteiger charge is -2.12. The highest BCUT2D eigenvalue weighted by molar-refractivity contribution is 5.93. The van der Waals surface area contributed by atoms with Crippen LogP contribution in [0.25, 0.3) is 0 Å². The van der Waals surface area contributed by atoms with E-state index in [0.717, 1.165) is 5.56 Å². The lowest BCUT2D eigenvalue weighted by Crippen LogP contribution is -2.27. The number of hydrogen-bond acceptors (Lipinski definition) is 4. The van der Waals surface area contributed by atoms with E-state index >= 15 is 0 Å². The molecule has 0 aromatic heterocycles. The summed E-state index contributed by atoms with van der Waals surface area (Å²) in [6.07, 6.45) is 0.0886. The molecule has 0 radical (unpaired) electrons. The molecule has 0 saturated carbocycles. The number of carbonyl (C=O) groups excluding carboxylic acids is 1. The zero-order valence-electron chi connectivity index (χ0n) is 12.3. The number of nitrogens with one attached hydrogen (secondary N) is 1. The van der Waals surface area contributed by atoms with Crippen molar-refractivity contribution in [3.63, 3.8) is 0 Å². The predicted octanol–water partition coefficient (Wildman–Crippen LogP) is 1.62. The first kappa shape index (κ1) is 16.8. The maximum absolute atomic E-state index is 11.2. The molecule has 0 saturated heterocycles. The molecule has 1 amide bonds. The van der Waals surface area contributed by atoms with Gasteiger partial charge in [0.25, 0.3) is 0 Å². The van der Waals surface area contributed by atoms with Gasteiger partial charge >= 0.3 is 5.97 Å². The number of hydrogen-bond donors (Lipinski definition) is 2. The maximum atomic E-state index is 11.2. The van der Waals surface area contributed by atoms with Crippen LogP contribution in [0.4, 0.5) is 0 Å². The van der Waals surface area contributed by atoms with Gasteiger partial charge in [-0.3, -0.25) is 9.59 Å². The minimum atomic E-state index is -1.13. The maximum Gasteiger partial charge on any atom is 0.312 e. The second-order valence-electron chi connectivity index (χ2n) is 4.32. The summed E-state index contributed by atoms with van der Waals surface area (Å²) >= 11 is 0. The molecule has 2 N–H and O–H groups in total. The monoisotopic (exact) mass is 295 g/mol. The van der Waals surface area contributed by atoms with Gasteiger partial charge in [-0.15, -0.1) is 0 Å². The molecule has 1 aromatic rings. The molecule has 0 spiro atoms. The van der Waals surface area contributed by atoms with Crippen LogP contribution >= 0.6 is 0 Å². The first-order valence-corrected chi connectivity index (χ1v) is 6.93. The molecule has 6 nitrogen and oxygen atoms in total. The molecule has 0 aliphatic heterocycles. The van der Waals surface area contributed by atoms with Crippen molar-refractivity contribution < 1.29 is 24.2 Å². The molecule has 6 heteroatoms. The Morgan fingerprint density at radius 1 is 1.14 bits per heavy atom. The van der Waals surface area contributed by atoms with Crippen molar-refractivity contribution in [2.45, 2.75) is 26.7 Å². The molecule has 21 heavy (non-hydrogen) atoms. The van der Waals surface area contributed by atoms with Crippen LogP contribution < -0.4 is 14.8 Å². The lowest BCUT2D eigenvalue weighted by molar-refractivity contribution is -0.140. The summed E-state index contributed by atoms with van der Waals surface area (Å²) in [7, 11) is 0. The lowest BCUT2D eigenvalue weighted by atomic mass is 10.1. The molecule has 0 atom stereocenters. The minimum Gasteiger partial charge on any atom is -0.490 e. The van der Waals surface area contributed by atoms with Crippen LogP contribution in [0.1, 0.15) is 25.8 Å². The summed E-state index contributed by atoms with van der Waals surface area (Å²) in [6.45, 7) is 5.28. The Kier molecular flexibility index (Phi) is 7.08. The van der Waals surface area contributed by atoms with Crippen LogP contribution in [-0.4, -0.2) is 36.7 Å². The standard InChI is InChI=1S/C15H21NO5/c1-3-20-12-6-5-11(9-13(12)21-4-2)7-8-16-14(17)10-15(18)19/h5-6,9H,3-4,7-8,10H2,1-2H3,(H,16,17)(H,18,19). The van der Waals surface area contributed by atoms with Gasteiger partial charge in [-0.2, -0.15) is 0 Å². The average molecular weight is 295 g/mol. The first-order valence-electron chi connectivity index (χ1n) is 6.93. The van der Waals surface area contributed by atoms with Gasteiger partial charge in [0.2, 0.25) is 5.91 Å². The van der Waals surface area contributed by atoms with Crippen LogP contribution in [0.3, 0.4) is 0 Å². The highest BCUT2D eigenvalue weighted by Crippen LogP contribution is 2.28. The van der Waals surface area contributed by atoms with Crippen molar-refractivity contribution in [1.29, 1.82) is 0 Å². The van der Waals surface area contributed by atoms with Gasteiger partial charge in [0.15, 0.2) is 11.5 Å². The molecule has 0 aliphatic carbocycles. The van der Waals surface area contributed by atoms with Crippen molar-refractivity contribution in [1.82, 2.24) is 5.32 Å². The molecule has 0 heterocycles. The summed E-state index contributed by atoms with van der Waals surface area (Å²) in [4.78, 5) is 21.6. The van der Waals surface area contributed by atoms with Crippen molar-refractivity contribution in [2.75, 3.05) is 19.8 Å². The van der Waals surface area contributed by atoms with Crippen LogP contribution in [0.15, 0.2) is 18.2 Å². The number of ether oxygens (including phenoxy) is 2. The SMILES string of the molecule is CCOc1ccc(CCNC(=O)CC(=O)O)cc1OCC. The summed E-state index contributed by atoms with van der Waals surface area (Å²) in [5.74, 6) is -0.252. The Labute approximate surface area is 124 Å². The summed E-state index contributed by atoms with van der Waals surface area (Å²) < 4.78 is 11.0. The largest absolute Gasteiger partial charge is 0.490 e. The Hall–Kier alpha value is -2.24. The normalized spacial score (nSPS) is 10.0. The smallest absolute Gasteiger partial charge is 0.312 e. The highest BCUT2D eigenvalue weighted by Gasteiger charge is 2.08. The summed E-state index contributed by atoms with van der Waals surface area (Å²) in [5.41, 5.74) is 0.984. The Morgan fingerprint density at radius 3 is 2.43 bits per heavy atom. The fourth-order valence-corrected chi connectivity index (χ4v) is 1.80. The zero-order valence-corrected chi connectivity index (χ0v) is 12.3. The van der Waals surface area contributed by atoms with E-state index < -0.39 is 18.3 Å². The average Bonchev–Trinajstić information content (AvgIpc) is 2.41. The fourth-order valence-electron chi connectivity index (χ4n) is 1.80. The van der Waals surface area contributed by atoms with Gasteiger partial charge < -0.3 is 19.9 Å². The van der Waals surface area contributed by atoms with Crippen molar-refractivity contribution in [3.05, 3.63) is 23.8 Å². The van der Waals surface area contributed by atoms with Crippen molar-refractivity contribution >= 4 is 11.9 Å². The number of rotatable bonds is 9. The van der Waals surface area contributed by atoms with Crippen LogP contribution in [0.5, 0.6) is 11.5 Å². The molecule has 1 rings (SSSR count). The second kappa shape index (κ2) is 8.84. The van der Waals surface area contributed by atoms with Crippen LogP contribution in [0, 0.1) is 0 Å². The summed E-state index contributed by atoms with van der Waals surface area (Å²) in [6, 6.07) is 5.61. The van der Waals surface area contributed by atoms with Gasteiger partial charge in [-0.1, -0.05) is 6.07 Å². The third-order valence-electron chi connectivity index (χ3n) is 2.66. The van der Waals surface area contributed by atoms with E-state index in [4.69, 9.17) is 14.6 Å². The van der Waals surface area contributed by atoms with E-state index in [1.807, 2.05) is 32.0 Å². The van der Waals surface area contributed by atoms with E-state index in [9.17, 15) is 9.59 Å². The Balaban J connectivity index is 2.57. The molecule has 0 unspecified atom stereocenters. The van der Waals surface area contributed by atoms with Gasteiger partial charge in [0.1, 0.15) is 6.42 Å². The van der Waals surface area contributed by atoms with Gasteiger partial charge in [0, 0.05) is 6.54 Å². The van der Waals surface area contributed by atoms with E-state index in [-0.39, 0.29) is 0 Å². The number of aliphatic carboxylic acids is 1. The van der Waals surface area contributed by atoms with Gasteiger partial charge in [0.05, 0.1) is 13.2 Å². The molecule has 0 fully saturated rings. The van der Waals surface area contributed by atoms with E-state index in [2.05, 4.69) is 5.32 Å². The number of amides is 1. The molecule has 0 aliphatic rings. The molecule has 1 aromatic carbocycles. The quantitative estimate of drug-likeness (QED) is 0.676. The third-order valence-corrected chi connectivity index (χ3v) is 2.66. The topological polar surface area (TPSA) is 84.9 Å². The van der Waals surface area contributed by atoms with Crippen LogP contribution in [-0.2, 0) is 16.0 Å². The summed E-state index contributed by atoms with van der Waals surface area (Å²) in [5, 5.41) is 11.0. The van der Waals surface area contributed by atoms with Crippen molar-refractivity contribution in [3.8, 4) is 11.5 Å². The minimum absolute atomic E-state index is 0.381. The Bertz CT molecular complexity index is 487. The highest BCUT2D eigenvalue weighted by atomic mass is 16.5.